The molecule has 0 aliphatic heterocycles. The van der Waals surface area contributed by atoms with E-state index >= 15 is 0 Å². The number of rotatable bonds is 2. The first-order valence-electron chi connectivity index (χ1n) is 14.3. The van der Waals surface area contributed by atoms with Crippen molar-refractivity contribution >= 4 is 27.4 Å². The number of halogens is 1. The fourth-order valence-electron chi connectivity index (χ4n) is 6.01. The Bertz CT molecular complexity index is 1940. The summed E-state index contributed by atoms with van der Waals surface area (Å²) < 4.78 is 13.4. The number of allylic oxidation sites excluding steroid dienone is 4. The maximum Gasteiger partial charge on any atom is 0.138 e. The van der Waals surface area contributed by atoms with Gasteiger partial charge in [-0.25, -0.2) is 14.4 Å². The second-order valence-corrected chi connectivity index (χ2v) is 10.8. The Labute approximate surface area is 244 Å². The molecule has 0 saturated carbocycles. The summed E-state index contributed by atoms with van der Waals surface area (Å²) in [5.74, 6) is -0.229. The summed E-state index contributed by atoms with van der Waals surface area (Å²) >= 11 is 0. The smallest absolute Gasteiger partial charge is 0.138 e. The van der Waals surface area contributed by atoms with Crippen molar-refractivity contribution < 1.29 is 4.39 Å². The van der Waals surface area contributed by atoms with Gasteiger partial charge in [0, 0.05) is 11.1 Å². The summed E-state index contributed by atoms with van der Waals surface area (Å²) in [6.45, 7) is 2.05. The molecule has 204 valence electrons. The van der Waals surface area contributed by atoms with E-state index in [1.165, 1.54) is 58.8 Å². The monoisotopic (exact) mass is 548 g/mol. The second-order valence-electron chi connectivity index (χ2n) is 10.8. The van der Waals surface area contributed by atoms with Crippen molar-refractivity contribution in [3.8, 4) is 22.5 Å². The molecule has 0 saturated heterocycles. The lowest BCUT2D eigenvalue weighted by atomic mass is 9.79. The van der Waals surface area contributed by atoms with Gasteiger partial charge in [-0.15, -0.1) is 10.2 Å². The van der Waals surface area contributed by atoms with E-state index in [0.29, 0.717) is 0 Å². The molecular formula is C37H29FN4. The van der Waals surface area contributed by atoms with Crippen LogP contribution in [0.4, 0.5) is 4.39 Å². The van der Waals surface area contributed by atoms with Crippen LogP contribution in [-0.4, -0.2) is 20.2 Å². The molecule has 42 heavy (non-hydrogen) atoms. The SMILES string of the molecule is Cc1ccc(-c2ccc3ccc4c(c3c2)CCC2=C4C=CCC2)nc1-c1ccc(F)cc1.c1ccc2nncnc2c1. The molecule has 2 aliphatic rings. The minimum Gasteiger partial charge on any atom is -0.248 e. The van der Waals surface area contributed by atoms with E-state index < -0.39 is 0 Å². The van der Waals surface area contributed by atoms with Crippen LogP contribution in [0.1, 0.15) is 36.0 Å². The van der Waals surface area contributed by atoms with Gasteiger partial charge in [0.25, 0.3) is 0 Å². The molecule has 6 aromatic rings. The molecule has 0 spiro atoms. The van der Waals surface area contributed by atoms with Crippen molar-refractivity contribution in [1.82, 2.24) is 20.2 Å². The normalized spacial score (nSPS) is 13.9. The summed E-state index contributed by atoms with van der Waals surface area (Å²) in [6.07, 6.45) is 10.7. The molecule has 4 aromatic carbocycles. The van der Waals surface area contributed by atoms with Crippen LogP contribution in [0.25, 0.3) is 49.9 Å². The van der Waals surface area contributed by atoms with Gasteiger partial charge >= 0.3 is 0 Å². The molecular weight excluding hydrogens is 519 g/mol. The van der Waals surface area contributed by atoms with Gasteiger partial charge in [0.05, 0.1) is 16.9 Å². The van der Waals surface area contributed by atoms with Gasteiger partial charge in [-0.2, -0.15) is 0 Å². The fraction of sp³-hybridized carbons (Fsp3) is 0.135. The van der Waals surface area contributed by atoms with Crippen molar-refractivity contribution in [2.75, 3.05) is 0 Å². The van der Waals surface area contributed by atoms with Gasteiger partial charge in [0.1, 0.15) is 17.7 Å². The van der Waals surface area contributed by atoms with E-state index in [1.54, 1.807) is 17.7 Å². The lowest BCUT2D eigenvalue weighted by Crippen LogP contribution is -2.07. The number of pyridine rings is 1. The van der Waals surface area contributed by atoms with Crippen molar-refractivity contribution in [1.29, 1.82) is 0 Å². The van der Waals surface area contributed by atoms with E-state index in [9.17, 15) is 4.39 Å². The highest BCUT2D eigenvalue weighted by Crippen LogP contribution is 2.40. The first-order chi connectivity index (χ1) is 20.6. The van der Waals surface area contributed by atoms with Crippen LogP contribution in [0.3, 0.4) is 0 Å². The van der Waals surface area contributed by atoms with Crippen LogP contribution in [0.5, 0.6) is 0 Å². The van der Waals surface area contributed by atoms with Gasteiger partial charge in [-0.1, -0.05) is 60.2 Å². The molecule has 0 unspecified atom stereocenters. The van der Waals surface area contributed by atoms with Crippen molar-refractivity contribution in [3.05, 3.63) is 138 Å². The number of para-hydroxylation sites is 1. The predicted octanol–water partition coefficient (Wildman–Crippen LogP) is 9.09. The third-order valence-electron chi connectivity index (χ3n) is 8.18. The Balaban J connectivity index is 0.000000243. The van der Waals surface area contributed by atoms with E-state index in [0.717, 1.165) is 52.0 Å². The van der Waals surface area contributed by atoms with Crippen LogP contribution in [0.15, 0.2) is 115 Å². The van der Waals surface area contributed by atoms with Crippen LogP contribution >= 0.6 is 0 Å². The van der Waals surface area contributed by atoms with E-state index in [1.807, 2.05) is 24.3 Å². The topological polar surface area (TPSA) is 51.6 Å². The molecule has 0 bridgehead atoms. The zero-order valence-electron chi connectivity index (χ0n) is 23.4. The third-order valence-corrected chi connectivity index (χ3v) is 8.18. The van der Waals surface area contributed by atoms with Gasteiger partial charge in [-0.3, -0.25) is 0 Å². The molecule has 2 aliphatic carbocycles. The minimum absolute atomic E-state index is 0.229. The second kappa shape index (κ2) is 11.1. The largest absolute Gasteiger partial charge is 0.248 e. The number of hydrogen-bond donors (Lipinski definition) is 0. The van der Waals surface area contributed by atoms with Crippen LogP contribution in [-0.2, 0) is 6.42 Å². The van der Waals surface area contributed by atoms with Crippen LogP contribution in [0.2, 0.25) is 0 Å². The molecule has 2 heterocycles. The summed E-state index contributed by atoms with van der Waals surface area (Å²) in [5, 5.41) is 10.1. The minimum atomic E-state index is -0.229. The van der Waals surface area contributed by atoms with Gasteiger partial charge in [0.2, 0.25) is 0 Å². The summed E-state index contributed by atoms with van der Waals surface area (Å²) in [6, 6.07) is 29.7. The van der Waals surface area contributed by atoms with Gasteiger partial charge < -0.3 is 0 Å². The Morgan fingerprint density at radius 1 is 0.762 bits per heavy atom. The summed E-state index contributed by atoms with van der Waals surface area (Å²) in [5.41, 5.74) is 12.6. The first kappa shape index (κ1) is 25.9. The van der Waals surface area contributed by atoms with E-state index in [4.69, 9.17) is 4.98 Å². The summed E-state index contributed by atoms with van der Waals surface area (Å²) in [4.78, 5) is 8.99. The van der Waals surface area contributed by atoms with Crippen LogP contribution < -0.4 is 0 Å². The first-order valence-corrected chi connectivity index (χ1v) is 14.3. The number of aromatic nitrogens is 4. The Hall–Kier alpha value is -5.03. The third kappa shape index (κ3) is 4.99. The van der Waals surface area contributed by atoms with Gasteiger partial charge in [0.15, 0.2) is 0 Å². The Morgan fingerprint density at radius 2 is 1.57 bits per heavy atom. The van der Waals surface area contributed by atoms with E-state index in [-0.39, 0.29) is 5.82 Å². The number of aryl methyl sites for hydroxylation is 2. The average Bonchev–Trinajstić information content (AvgIpc) is 3.05. The zero-order valence-corrected chi connectivity index (χ0v) is 23.4. The lowest BCUT2D eigenvalue weighted by molar-refractivity contribution is 0.628. The van der Waals surface area contributed by atoms with Crippen molar-refractivity contribution in [2.24, 2.45) is 0 Å². The number of benzene rings is 4. The predicted molar refractivity (Wildman–Crippen MR) is 168 cm³/mol. The van der Waals surface area contributed by atoms with Crippen molar-refractivity contribution in [3.63, 3.8) is 0 Å². The number of nitrogens with zero attached hydrogens (tertiary/aromatic N) is 4. The highest BCUT2D eigenvalue weighted by molar-refractivity contribution is 5.96. The van der Waals surface area contributed by atoms with Crippen LogP contribution in [0, 0.1) is 12.7 Å². The molecule has 4 nitrogen and oxygen atoms in total. The molecule has 0 atom stereocenters. The fourth-order valence-corrected chi connectivity index (χ4v) is 6.01. The molecule has 0 fully saturated rings. The Morgan fingerprint density at radius 3 is 2.43 bits per heavy atom. The lowest BCUT2D eigenvalue weighted by Gasteiger charge is -2.25. The highest BCUT2D eigenvalue weighted by Gasteiger charge is 2.21. The van der Waals surface area contributed by atoms with Gasteiger partial charge in [-0.05, 0) is 114 Å². The molecule has 5 heteroatoms. The molecule has 0 amide bonds. The van der Waals surface area contributed by atoms with E-state index in [2.05, 4.69) is 76.7 Å². The number of fused-ring (bicyclic) bond motifs is 5. The maximum absolute atomic E-state index is 13.4. The average molecular weight is 549 g/mol. The van der Waals surface area contributed by atoms with Crippen molar-refractivity contribution in [2.45, 2.75) is 32.6 Å². The zero-order chi connectivity index (χ0) is 28.5. The Kier molecular flexibility index (Phi) is 6.84. The molecule has 0 radical (unpaired) electrons. The maximum atomic E-state index is 13.4. The quantitative estimate of drug-likeness (QED) is 0.217. The number of hydrogen-bond acceptors (Lipinski definition) is 4. The highest BCUT2D eigenvalue weighted by atomic mass is 19.1. The standard InChI is InChI=1S/C30H24FN.C7H5N3/c1-19-6-17-29(32-30(19)22-9-13-24(31)14-10-22)23-8-7-21-12-15-26-25-5-3-2-4-20(25)11-16-27(26)28(21)18-23;1-2-4-7-6(3-1)8-5-9-10-7/h3,5-10,12-15,17-18H,2,4,11,16H2,1H3;1-5H. The molecule has 2 aromatic heterocycles. The summed E-state index contributed by atoms with van der Waals surface area (Å²) in [7, 11) is 0. The molecule has 8 rings (SSSR count). The molecule has 0 N–H and O–H groups in total.